The summed E-state index contributed by atoms with van der Waals surface area (Å²) in [5, 5.41) is 0.133. The number of ether oxygens (including phenoxy) is 1. The van der Waals surface area contributed by atoms with Crippen LogP contribution < -0.4 is 4.43 Å². The van der Waals surface area contributed by atoms with Crippen molar-refractivity contribution in [2.45, 2.75) is 38.9 Å². The number of benzene rings is 2. The summed E-state index contributed by atoms with van der Waals surface area (Å²) in [7, 11) is 3.41. The van der Waals surface area contributed by atoms with Crippen LogP contribution in [0, 0.1) is 11.8 Å². The number of carbonyl (C=O) groups is 1. The molecule has 6 heteroatoms. The molecule has 4 nitrogen and oxygen atoms in total. The predicted molar refractivity (Wildman–Crippen MR) is 134 cm³/mol. The Morgan fingerprint density at radius 3 is 2.26 bits per heavy atom. The van der Waals surface area contributed by atoms with Crippen LogP contribution in [0.15, 0.2) is 40.9 Å². The number of carbonyl (C=O) groups excluding carboxylic acids is 1. The molecule has 0 unspecified atom stereocenters. The van der Waals surface area contributed by atoms with Crippen LogP contribution in [0.5, 0.6) is 5.75 Å². The van der Waals surface area contributed by atoms with Crippen molar-refractivity contribution < 1.29 is 14.0 Å². The first kappa shape index (κ1) is 25.2. The molecule has 0 aliphatic carbocycles. The van der Waals surface area contributed by atoms with E-state index in [9.17, 15) is 4.79 Å². The van der Waals surface area contributed by atoms with Crippen molar-refractivity contribution in [1.82, 2.24) is 4.90 Å². The van der Waals surface area contributed by atoms with Crippen LogP contribution in [0.25, 0.3) is 11.1 Å². The third-order valence-corrected chi connectivity index (χ3v) is 10.4. The summed E-state index contributed by atoms with van der Waals surface area (Å²) in [6.07, 6.45) is 0. The van der Waals surface area contributed by atoms with E-state index in [4.69, 9.17) is 9.16 Å². The fourth-order valence-corrected chi connectivity index (χ4v) is 4.39. The molecule has 31 heavy (non-hydrogen) atoms. The van der Waals surface area contributed by atoms with E-state index in [2.05, 4.69) is 61.6 Å². The van der Waals surface area contributed by atoms with Gasteiger partial charge in [0.2, 0.25) is 8.32 Å². The van der Waals surface area contributed by atoms with Gasteiger partial charge in [0.25, 0.3) is 0 Å². The number of rotatable bonds is 5. The van der Waals surface area contributed by atoms with Gasteiger partial charge in [-0.1, -0.05) is 60.7 Å². The lowest BCUT2D eigenvalue weighted by Crippen LogP contribution is -2.43. The van der Waals surface area contributed by atoms with Crippen LogP contribution >= 0.6 is 15.9 Å². The Labute approximate surface area is 196 Å². The first-order valence-electron chi connectivity index (χ1n) is 10.2. The normalized spacial score (nSPS) is 11.7. The van der Waals surface area contributed by atoms with Gasteiger partial charge in [-0.05, 0) is 62.1 Å². The van der Waals surface area contributed by atoms with Crippen molar-refractivity contribution in [3.05, 3.63) is 52.0 Å². The second kappa shape index (κ2) is 10.0. The SMILES string of the molecule is COC(=O)c1cc(Br)c(-c2ccc(O[Si](C)(C)C(C)(C)C)cc2)c(C#CCN(C)C)c1. The Kier molecular flexibility index (Phi) is 8.15. The van der Waals surface area contributed by atoms with Gasteiger partial charge in [-0.3, -0.25) is 4.90 Å². The summed E-state index contributed by atoms with van der Waals surface area (Å²) in [5.74, 6) is 6.87. The number of halogens is 1. The number of nitrogens with zero attached hydrogens (tertiary/aromatic N) is 1. The van der Waals surface area contributed by atoms with Crippen LogP contribution in [0.2, 0.25) is 18.1 Å². The van der Waals surface area contributed by atoms with Gasteiger partial charge in [-0.2, -0.15) is 0 Å². The highest BCUT2D eigenvalue weighted by molar-refractivity contribution is 9.10. The predicted octanol–water partition coefficient (Wildman–Crippen LogP) is 6.20. The van der Waals surface area contributed by atoms with Gasteiger partial charge in [0.1, 0.15) is 5.75 Å². The number of hydrogen-bond acceptors (Lipinski definition) is 4. The maximum absolute atomic E-state index is 12.1. The number of methoxy groups -OCH3 is 1. The first-order valence-corrected chi connectivity index (χ1v) is 13.9. The molecular formula is C25H32BrNO3Si. The average Bonchev–Trinajstić information content (AvgIpc) is 2.66. The molecule has 0 fully saturated rings. The summed E-state index contributed by atoms with van der Waals surface area (Å²) in [6.45, 7) is 11.8. The van der Waals surface area contributed by atoms with E-state index < -0.39 is 8.32 Å². The smallest absolute Gasteiger partial charge is 0.337 e. The van der Waals surface area contributed by atoms with Gasteiger partial charge in [-0.25, -0.2) is 4.79 Å². The Balaban J connectivity index is 2.48. The second-order valence-corrected chi connectivity index (χ2v) is 14.9. The van der Waals surface area contributed by atoms with Gasteiger partial charge in [0.05, 0.1) is 19.2 Å². The molecule has 0 radical (unpaired) electrons. The summed E-state index contributed by atoms with van der Waals surface area (Å²) in [6, 6.07) is 11.7. The molecule has 0 aromatic heterocycles. The Morgan fingerprint density at radius 1 is 1.13 bits per heavy atom. The Hall–Kier alpha value is -2.07. The second-order valence-electron chi connectivity index (χ2n) is 9.30. The van der Waals surface area contributed by atoms with Crippen LogP contribution in [-0.4, -0.2) is 46.9 Å². The fourth-order valence-electron chi connectivity index (χ4n) is 2.66. The topological polar surface area (TPSA) is 38.8 Å². The molecule has 0 atom stereocenters. The van der Waals surface area contributed by atoms with Gasteiger partial charge in [0, 0.05) is 15.6 Å². The van der Waals surface area contributed by atoms with Crippen molar-refractivity contribution >= 4 is 30.2 Å². The standard InChI is InChI=1S/C25H32BrNO3Si/c1-25(2,3)31(7,8)30-21-13-11-18(12-14-21)23-19(10-9-15-27(4)5)16-20(17-22(23)26)24(28)29-6/h11-14,16-17H,15H2,1-8H3. The van der Waals surface area contributed by atoms with E-state index in [1.165, 1.54) is 7.11 Å². The lowest BCUT2D eigenvalue weighted by Gasteiger charge is -2.36. The van der Waals surface area contributed by atoms with Crippen molar-refractivity contribution in [3.8, 4) is 28.7 Å². The minimum Gasteiger partial charge on any atom is -0.544 e. The highest BCUT2D eigenvalue weighted by Gasteiger charge is 2.38. The Bertz CT molecular complexity index is 996. The molecule has 0 saturated heterocycles. The first-order chi connectivity index (χ1) is 14.4. The molecule has 2 aromatic carbocycles. The molecular weight excluding hydrogens is 470 g/mol. The van der Waals surface area contributed by atoms with Crippen molar-refractivity contribution in [3.63, 3.8) is 0 Å². The maximum atomic E-state index is 12.1. The lowest BCUT2D eigenvalue weighted by atomic mass is 9.97. The van der Waals surface area contributed by atoms with E-state index >= 15 is 0 Å². The largest absolute Gasteiger partial charge is 0.544 e. The lowest BCUT2D eigenvalue weighted by molar-refractivity contribution is 0.0600. The molecule has 0 aliphatic heterocycles. The van der Waals surface area contributed by atoms with E-state index in [1.807, 2.05) is 43.3 Å². The van der Waals surface area contributed by atoms with E-state index in [0.29, 0.717) is 12.1 Å². The van der Waals surface area contributed by atoms with Gasteiger partial charge in [0.15, 0.2) is 0 Å². The molecule has 0 heterocycles. The molecule has 166 valence electrons. The molecule has 0 saturated carbocycles. The molecule has 0 bridgehead atoms. The highest BCUT2D eigenvalue weighted by atomic mass is 79.9. The van der Waals surface area contributed by atoms with Crippen molar-refractivity contribution in [2.24, 2.45) is 0 Å². The quantitative estimate of drug-likeness (QED) is 0.277. The molecule has 0 aliphatic rings. The Morgan fingerprint density at radius 2 is 1.74 bits per heavy atom. The number of hydrogen-bond donors (Lipinski definition) is 0. The third kappa shape index (κ3) is 6.46. The molecule has 2 aromatic rings. The van der Waals surface area contributed by atoms with Crippen molar-refractivity contribution in [1.29, 1.82) is 0 Å². The molecule has 0 amide bonds. The molecule has 0 spiro atoms. The van der Waals surface area contributed by atoms with Crippen LogP contribution in [0.1, 0.15) is 36.7 Å². The molecule has 2 rings (SSSR count). The van der Waals surface area contributed by atoms with Gasteiger partial charge >= 0.3 is 5.97 Å². The van der Waals surface area contributed by atoms with E-state index in [-0.39, 0.29) is 11.0 Å². The zero-order valence-corrected chi connectivity index (χ0v) is 22.3. The van der Waals surface area contributed by atoms with Crippen molar-refractivity contribution in [2.75, 3.05) is 27.7 Å². The number of esters is 1. The summed E-state index contributed by atoms with van der Waals surface area (Å²) in [4.78, 5) is 14.1. The summed E-state index contributed by atoms with van der Waals surface area (Å²) < 4.78 is 12.1. The summed E-state index contributed by atoms with van der Waals surface area (Å²) in [5.41, 5.74) is 3.18. The third-order valence-electron chi connectivity index (χ3n) is 5.45. The minimum absolute atomic E-state index is 0.133. The average molecular weight is 503 g/mol. The van der Waals surface area contributed by atoms with E-state index in [1.54, 1.807) is 12.1 Å². The zero-order chi connectivity index (χ0) is 23.4. The molecule has 0 N–H and O–H groups in total. The maximum Gasteiger partial charge on any atom is 0.337 e. The summed E-state index contributed by atoms with van der Waals surface area (Å²) >= 11 is 3.64. The van der Waals surface area contributed by atoms with Crippen LogP contribution in [0.3, 0.4) is 0 Å². The highest BCUT2D eigenvalue weighted by Crippen LogP contribution is 2.38. The van der Waals surface area contributed by atoms with Crippen LogP contribution in [-0.2, 0) is 4.74 Å². The monoisotopic (exact) mass is 501 g/mol. The fraction of sp³-hybridized carbons (Fsp3) is 0.400. The van der Waals surface area contributed by atoms with Gasteiger partial charge < -0.3 is 9.16 Å². The van der Waals surface area contributed by atoms with Gasteiger partial charge in [-0.15, -0.1) is 0 Å². The van der Waals surface area contributed by atoms with E-state index in [0.717, 1.165) is 26.9 Å². The van der Waals surface area contributed by atoms with Crippen LogP contribution in [0.4, 0.5) is 0 Å². The zero-order valence-electron chi connectivity index (χ0n) is 19.7. The minimum atomic E-state index is -1.90.